The van der Waals surface area contributed by atoms with Crippen LogP contribution in [0.4, 0.5) is 0 Å². The molecule has 2 aliphatic rings. The Hall–Kier alpha value is -1.23. The van der Waals surface area contributed by atoms with Gasteiger partial charge in [-0.1, -0.05) is 12.8 Å². The van der Waals surface area contributed by atoms with Crippen LogP contribution in [0.3, 0.4) is 0 Å². The highest BCUT2D eigenvalue weighted by atomic mass is 16.1. The van der Waals surface area contributed by atoms with Crippen LogP contribution in [0.25, 0.3) is 0 Å². The number of hydrogen-bond donors (Lipinski definition) is 1. The lowest BCUT2D eigenvalue weighted by Gasteiger charge is -2.40. The maximum atomic E-state index is 12.3. The van der Waals surface area contributed by atoms with Crippen molar-refractivity contribution >= 4 is 5.78 Å². The third-order valence-corrected chi connectivity index (χ3v) is 4.68. The molecule has 5 heteroatoms. The molecule has 1 aliphatic heterocycles. The van der Waals surface area contributed by atoms with Crippen LogP contribution in [0, 0.1) is 5.92 Å². The van der Waals surface area contributed by atoms with Crippen molar-refractivity contribution < 1.29 is 4.79 Å². The van der Waals surface area contributed by atoms with Crippen molar-refractivity contribution in [3.8, 4) is 0 Å². The zero-order valence-electron chi connectivity index (χ0n) is 11.5. The first-order valence-electron chi connectivity index (χ1n) is 7.35. The molecular formula is C14H22N4O. The van der Waals surface area contributed by atoms with Gasteiger partial charge in [0.15, 0.2) is 5.78 Å². The van der Waals surface area contributed by atoms with Crippen molar-refractivity contribution in [3.05, 3.63) is 12.2 Å². The third-order valence-electron chi connectivity index (χ3n) is 4.68. The maximum Gasteiger partial charge on any atom is 0.157 e. The summed E-state index contributed by atoms with van der Waals surface area (Å²) in [5.74, 6) is 1.82. The highest BCUT2D eigenvalue weighted by molar-refractivity contribution is 5.85. The summed E-state index contributed by atoms with van der Waals surface area (Å²) in [5.41, 5.74) is 0. The van der Waals surface area contributed by atoms with Gasteiger partial charge < -0.3 is 5.32 Å². The lowest BCUT2D eigenvalue weighted by Crippen LogP contribution is -2.52. The number of rotatable bonds is 3. The summed E-state index contributed by atoms with van der Waals surface area (Å²) in [4.78, 5) is 16.5. The van der Waals surface area contributed by atoms with Crippen molar-refractivity contribution in [1.82, 2.24) is 20.1 Å². The van der Waals surface area contributed by atoms with Crippen molar-refractivity contribution in [1.29, 1.82) is 0 Å². The van der Waals surface area contributed by atoms with Crippen molar-refractivity contribution in [2.75, 3.05) is 0 Å². The second-order valence-electron chi connectivity index (χ2n) is 5.89. The largest absolute Gasteiger partial charge is 0.304 e. The monoisotopic (exact) mass is 262 g/mol. The molecule has 2 heterocycles. The highest BCUT2D eigenvalue weighted by Gasteiger charge is 2.34. The fourth-order valence-corrected chi connectivity index (χ4v) is 3.51. The van der Waals surface area contributed by atoms with Gasteiger partial charge in [-0.15, -0.1) is 0 Å². The van der Waals surface area contributed by atoms with Crippen LogP contribution in [-0.4, -0.2) is 32.6 Å². The summed E-state index contributed by atoms with van der Waals surface area (Å²) in [6.45, 7) is 0. The average Bonchev–Trinajstić information content (AvgIpc) is 2.84. The van der Waals surface area contributed by atoms with E-state index in [-0.39, 0.29) is 11.8 Å². The van der Waals surface area contributed by atoms with E-state index in [1.807, 2.05) is 7.05 Å². The Morgan fingerprint density at radius 1 is 1.37 bits per heavy atom. The number of ketones is 1. The molecule has 2 fully saturated rings. The van der Waals surface area contributed by atoms with E-state index in [9.17, 15) is 4.79 Å². The molecule has 0 radical (unpaired) electrons. The van der Waals surface area contributed by atoms with E-state index in [1.54, 1.807) is 4.68 Å². The molecular weight excluding hydrogens is 240 g/mol. The number of aromatic nitrogens is 3. The molecule has 1 aromatic heterocycles. The van der Waals surface area contributed by atoms with E-state index < -0.39 is 0 Å². The third kappa shape index (κ3) is 2.71. The quantitative estimate of drug-likeness (QED) is 0.890. The van der Waals surface area contributed by atoms with E-state index in [2.05, 4.69) is 15.4 Å². The molecule has 0 aromatic carbocycles. The first-order valence-corrected chi connectivity index (χ1v) is 7.35. The van der Waals surface area contributed by atoms with Crippen molar-refractivity contribution in [2.24, 2.45) is 13.0 Å². The standard InChI is InChI=1S/C14H22N4O/c1-18-14(15-9-16-18)8-13(19)12-7-6-10-4-2-3-5-11(10)17-12/h9-12,17H,2-8H2,1H3. The Kier molecular flexibility index (Phi) is 3.64. The molecule has 3 rings (SSSR count). The van der Waals surface area contributed by atoms with Crippen LogP contribution in [0.5, 0.6) is 0 Å². The summed E-state index contributed by atoms with van der Waals surface area (Å²) in [6.07, 6.45) is 9.32. The van der Waals surface area contributed by atoms with Crippen molar-refractivity contribution in [3.63, 3.8) is 0 Å². The molecule has 1 saturated heterocycles. The summed E-state index contributed by atoms with van der Waals surface area (Å²) in [6, 6.07) is 0.590. The lowest BCUT2D eigenvalue weighted by molar-refractivity contribution is -0.121. The average molecular weight is 262 g/mol. The van der Waals surface area contributed by atoms with Gasteiger partial charge in [-0.2, -0.15) is 5.10 Å². The molecule has 1 N–H and O–H groups in total. The van der Waals surface area contributed by atoms with Gasteiger partial charge >= 0.3 is 0 Å². The molecule has 0 spiro atoms. The highest BCUT2D eigenvalue weighted by Crippen LogP contribution is 2.32. The molecule has 19 heavy (non-hydrogen) atoms. The maximum absolute atomic E-state index is 12.3. The summed E-state index contributed by atoms with van der Waals surface area (Å²) in [5, 5.41) is 7.59. The van der Waals surface area contributed by atoms with Gasteiger partial charge in [-0.05, 0) is 31.6 Å². The fourth-order valence-electron chi connectivity index (χ4n) is 3.51. The van der Waals surface area contributed by atoms with Gasteiger partial charge in [-0.3, -0.25) is 9.48 Å². The van der Waals surface area contributed by atoms with Crippen molar-refractivity contribution in [2.45, 2.75) is 57.0 Å². The molecule has 0 bridgehead atoms. The van der Waals surface area contributed by atoms with Gasteiger partial charge in [0.05, 0.1) is 12.5 Å². The Morgan fingerprint density at radius 2 is 2.21 bits per heavy atom. The van der Waals surface area contributed by atoms with E-state index >= 15 is 0 Å². The zero-order chi connectivity index (χ0) is 13.2. The molecule has 3 unspecified atom stereocenters. The zero-order valence-corrected chi connectivity index (χ0v) is 11.5. The Labute approximate surface area is 113 Å². The van der Waals surface area contributed by atoms with Crippen LogP contribution in [-0.2, 0) is 18.3 Å². The summed E-state index contributed by atoms with van der Waals surface area (Å²) in [7, 11) is 1.83. The number of carbonyl (C=O) groups excluding carboxylic acids is 1. The second kappa shape index (κ2) is 5.41. The smallest absolute Gasteiger partial charge is 0.157 e. The van der Waals surface area contributed by atoms with Crippen LogP contribution >= 0.6 is 0 Å². The molecule has 5 nitrogen and oxygen atoms in total. The summed E-state index contributed by atoms with van der Waals surface area (Å²) < 4.78 is 1.68. The number of nitrogens with one attached hydrogen (secondary N) is 1. The number of fused-ring (bicyclic) bond motifs is 1. The second-order valence-corrected chi connectivity index (χ2v) is 5.89. The normalized spacial score (nSPS) is 30.9. The Balaban J connectivity index is 1.60. The minimum absolute atomic E-state index is 0.0241. The SMILES string of the molecule is Cn1ncnc1CC(=O)C1CCC2CCCCC2N1. The van der Waals surface area contributed by atoms with Gasteiger partial charge in [0.2, 0.25) is 0 Å². The Morgan fingerprint density at radius 3 is 3.00 bits per heavy atom. The van der Waals surface area contributed by atoms with Crippen LogP contribution < -0.4 is 5.32 Å². The Bertz CT molecular complexity index is 456. The number of hydrogen-bond acceptors (Lipinski definition) is 4. The first-order chi connectivity index (χ1) is 9.24. The van der Waals surface area contributed by atoms with Crippen LogP contribution in [0.1, 0.15) is 44.3 Å². The van der Waals surface area contributed by atoms with Gasteiger partial charge in [0.25, 0.3) is 0 Å². The van der Waals surface area contributed by atoms with Gasteiger partial charge in [0, 0.05) is 13.1 Å². The first kappa shape index (κ1) is 12.8. The predicted molar refractivity (Wildman–Crippen MR) is 71.6 cm³/mol. The molecule has 3 atom stereocenters. The van der Waals surface area contributed by atoms with Gasteiger partial charge in [0.1, 0.15) is 12.2 Å². The molecule has 0 amide bonds. The number of aryl methyl sites for hydroxylation is 1. The number of nitrogens with zero attached hydrogens (tertiary/aromatic N) is 3. The summed E-state index contributed by atoms with van der Waals surface area (Å²) >= 11 is 0. The molecule has 1 aliphatic carbocycles. The number of piperidine rings is 1. The topological polar surface area (TPSA) is 59.8 Å². The molecule has 104 valence electrons. The fraction of sp³-hybridized carbons (Fsp3) is 0.786. The predicted octanol–water partition coefficient (Wildman–Crippen LogP) is 1.24. The molecule has 1 saturated carbocycles. The van der Waals surface area contributed by atoms with Gasteiger partial charge in [-0.25, -0.2) is 4.98 Å². The van der Waals surface area contributed by atoms with E-state index in [0.29, 0.717) is 12.5 Å². The molecule has 1 aromatic rings. The van der Waals surface area contributed by atoms with E-state index in [1.165, 1.54) is 38.4 Å². The van der Waals surface area contributed by atoms with Crippen LogP contribution in [0.2, 0.25) is 0 Å². The minimum atomic E-state index is 0.0241. The lowest BCUT2D eigenvalue weighted by atomic mass is 9.77. The number of Topliss-reactive ketones (excluding diaryl/α,β-unsaturated/α-hetero) is 1. The van der Waals surface area contributed by atoms with E-state index in [0.717, 1.165) is 18.2 Å². The van der Waals surface area contributed by atoms with Crippen LogP contribution in [0.15, 0.2) is 6.33 Å². The minimum Gasteiger partial charge on any atom is -0.304 e. The number of carbonyl (C=O) groups is 1. The van der Waals surface area contributed by atoms with E-state index in [4.69, 9.17) is 0 Å².